The minimum atomic E-state index is -0.178. The first-order valence-corrected chi connectivity index (χ1v) is 10.2. The summed E-state index contributed by atoms with van der Waals surface area (Å²) in [4.78, 5) is 16.6. The van der Waals surface area contributed by atoms with Crippen molar-refractivity contribution in [2.24, 2.45) is 0 Å². The van der Waals surface area contributed by atoms with Gasteiger partial charge in [-0.3, -0.25) is 4.79 Å². The van der Waals surface area contributed by atoms with Crippen LogP contribution in [0.25, 0.3) is 16.6 Å². The van der Waals surface area contributed by atoms with Gasteiger partial charge in [0, 0.05) is 31.1 Å². The van der Waals surface area contributed by atoms with Crippen molar-refractivity contribution in [2.45, 2.75) is 30.2 Å². The quantitative estimate of drug-likeness (QED) is 0.467. The summed E-state index contributed by atoms with van der Waals surface area (Å²) in [5.74, 6) is 0.680. The Bertz CT molecular complexity index is 1230. The van der Waals surface area contributed by atoms with E-state index in [0.29, 0.717) is 40.5 Å². The first kappa shape index (κ1) is 19.5. The molecule has 0 spiro atoms. The molecule has 0 bridgehead atoms. The van der Waals surface area contributed by atoms with Crippen LogP contribution in [-0.4, -0.2) is 40.1 Å². The zero-order valence-corrected chi connectivity index (χ0v) is 17.4. The summed E-state index contributed by atoms with van der Waals surface area (Å²) in [7, 11) is 1.66. The summed E-state index contributed by atoms with van der Waals surface area (Å²) < 4.78 is 12.5. The SMILES string of the molecule is COCCCOc1ccc2c(=O)[nH]c3c(Sc4ccc(C)cc4C)nnn3c2c1. The van der Waals surface area contributed by atoms with E-state index in [9.17, 15) is 4.79 Å². The molecule has 29 heavy (non-hydrogen) atoms. The molecule has 0 saturated carbocycles. The zero-order valence-electron chi connectivity index (χ0n) is 16.6. The van der Waals surface area contributed by atoms with Crippen LogP contribution < -0.4 is 10.3 Å². The van der Waals surface area contributed by atoms with Crippen molar-refractivity contribution in [2.75, 3.05) is 20.3 Å². The van der Waals surface area contributed by atoms with Crippen LogP contribution in [0.2, 0.25) is 0 Å². The number of aromatic nitrogens is 4. The molecule has 2 aromatic heterocycles. The van der Waals surface area contributed by atoms with Gasteiger partial charge >= 0.3 is 0 Å². The van der Waals surface area contributed by atoms with Gasteiger partial charge in [0.25, 0.3) is 5.56 Å². The van der Waals surface area contributed by atoms with Crippen LogP contribution in [-0.2, 0) is 4.74 Å². The second kappa shape index (κ2) is 8.26. The number of benzene rings is 2. The van der Waals surface area contributed by atoms with E-state index >= 15 is 0 Å². The van der Waals surface area contributed by atoms with E-state index in [0.717, 1.165) is 16.9 Å². The number of methoxy groups -OCH3 is 1. The molecule has 0 aliphatic carbocycles. The molecule has 8 heteroatoms. The molecule has 4 rings (SSSR count). The molecule has 4 aromatic rings. The molecule has 0 saturated heterocycles. The first-order chi connectivity index (χ1) is 14.1. The highest BCUT2D eigenvalue weighted by Crippen LogP contribution is 2.32. The summed E-state index contributed by atoms with van der Waals surface area (Å²) in [6, 6.07) is 11.6. The van der Waals surface area contributed by atoms with Gasteiger partial charge in [-0.2, -0.15) is 4.52 Å². The van der Waals surface area contributed by atoms with Gasteiger partial charge in [-0.1, -0.05) is 34.7 Å². The fourth-order valence-electron chi connectivity index (χ4n) is 3.17. The van der Waals surface area contributed by atoms with Crippen molar-refractivity contribution in [1.82, 2.24) is 19.8 Å². The van der Waals surface area contributed by atoms with Gasteiger partial charge < -0.3 is 14.5 Å². The van der Waals surface area contributed by atoms with E-state index < -0.39 is 0 Å². The highest BCUT2D eigenvalue weighted by molar-refractivity contribution is 7.99. The lowest BCUT2D eigenvalue weighted by Crippen LogP contribution is -2.10. The molecule has 0 amide bonds. The topological polar surface area (TPSA) is 81.5 Å². The third kappa shape index (κ3) is 3.99. The molecule has 7 nitrogen and oxygen atoms in total. The van der Waals surface area contributed by atoms with Crippen molar-refractivity contribution in [3.8, 4) is 5.75 Å². The van der Waals surface area contributed by atoms with Gasteiger partial charge in [-0.25, -0.2) is 0 Å². The third-order valence-electron chi connectivity index (χ3n) is 4.61. The van der Waals surface area contributed by atoms with Gasteiger partial charge in [-0.15, -0.1) is 5.10 Å². The fraction of sp³-hybridized carbons (Fsp3) is 0.286. The zero-order chi connectivity index (χ0) is 20.4. The van der Waals surface area contributed by atoms with Crippen LogP contribution in [0.4, 0.5) is 0 Å². The Hall–Kier alpha value is -2.84. The molecule has 0 aliphatic heterocycles. The van der Waals surface area contributed by atoms with Gasteiger partial charge in [0.2, 0.25) is 0 Å². The maximum atomic E-state index is 12.6. The van der Waals surface area contributed by atoms with Crippen molar-refractivity contribution in [3.05, 3.63) is 57.9 Å². The molecule has 150 valence electrons. The van der Waals surface area contributed by atoms with Crippen molar-refractivity contribution in [1.29, 1.82) is 0 Å². The number of ether oxygens (including phenoxy) is 2. The molecular formula is C21H22N4O3S. The van der Waals surface area contributed by atoms with Crippen molar-refractivity contribution in [3.63, 3.8) is 0 Å². The van der Waals surface area contributed by atoms with Crippen LogP contribution >= 0.6 is 11.8 Å². The van der Waals surface area contributed by atoms with Gasteiger partial charge in [0.1, 0.15) is 5.75 Å². The standard InChI is InChI=1S/C21H22N4O3S/c1-13-5-8-18(14(2)11-13)29-21-19-22-20(26)16-7-6-15(28-10-4-9-27-3)12-17(16)25(19)24-23-21/h5-8,11-12H,4,9-10H2,1-3H3,(H,22,26). The van der Waals surface area contributed by atoms with E-state index in [-0.39, 0.29) is 5.56 Å². The lowest BCUT2D eigenvalue weighted by atomic mass is 10.2. The summed E-state index contributed by atoms with van der Waals surface area (Å²) in [6.07, 6.45) is 0.791. The second-order valence-electron chi connectivity index (χ2n) is 6.85. The highest BCUT2D eigenvalue weighted by atomic mass is 32.2. The number of aryl methyl sites for hydroxylation is 2. The minimum Gasteiger partial charge on any atom is -0.493 e. The summed E-state index contributed by atoms with van der Waals surface area (Å²) in [5.41, 5.74) is 3.42. The predicted octanol–water partition coefficient (Wildman–Crippen LogP) is 3.75. The monoisotopic (exact) mass is 410 g/mol. The Kier molecular flexibility index (Phi) is 5.55. The van der Waals surface area contributed by atoms with Crippen LogP contribution in [0.3, 0.4) is 0 Å². The van der Waals surface area contributed by atoms with E-state index in [2.05, 4.69) is 47.3 Å². The lowest BCUT2D eigenvalue weighted by molar-refractivity contribution is 0.172. The number of hydrogen-bond donors (Lipinski definition) is 1. The number of H-pyrrole nitrogens is 1. The largest absolute Gasteiger partial charge is 0.493 e. The number of rotatable bonds is 7. The first-order valence-electron chi connectivity index (χ1n) is 9.35. The van der Waals surface area contributed by atoms with Crippen LogP contribution in [0.1, 0.15) is 17.5 Å². The number of nitrogens with zero attached hydrogens (tertiary/aromatic N) is 3. The Morgan fingerprint density at radius 2 is 2.00 bits per heavy atom. The number of nitrogens with one attached hydrogen (secondary N) is 1. The van der Waals surface area contributed by atoms with Gasteiger partial charge in [-0.05, 0) is 37.6 Å². The van der Waals surface area contributed by atoms with Crippen LogP contribution in [0.15, 0.2) is 51.1 Å². The molecule has 0 aliphatic rings. The normalized spacial score (nSPS) is 11.4. The molecule has 0 radical (unpaired) electrons. The molecule has 2 heterocycles. The maximum Gasteiger partial charge on any atom is 0.259 e. The Morgan fingerprint density at radius 3 is 2.79 bits per heavy atom. The van der Waals surface area contributed by atoms with E-state index in [1.807, 2.05) is 6.07 Å². The Labute approximate surface area is 172 Å². The molecule has 0 fully saturated rings. The average molecular weight is 410 g/mol. The summed E-state index contributed by atoms with van der Waals surface area (Å²) in [5, 5.41) is 9.78. The van der Waals surface area contributed by atoms with E-state index in [1.54, 1.807) is 23.8 Å². The molecule has 2 aromatic carbocycles. The summed E-state index contributed by atoms with van der Waals surface area (Å²) in [6.45, 7) is 5.30. The van der Waals surface area contributed by atoms with Crippen LogP contribution in [0, 0.1) is 13.8 Å². The van der Waals surface area contributed by atoms with E-state index in [4.69, 9.17) is 9.47 Å². The molecular weight excluding hydrogens is 388 g/mol. The minimum absolute atomic E-state index is 0.178. The highest BCUT2D eigenvalue weighted by Gasteiger charge is 2.15. The Morgan fingerprint density at radius 1 is 1.14 bits per heavy atom. The maximum absolute atomic E-state index is 12.6. The second-order valence-corrected chi connectivity index (χ2v) is 7.88. The lowest BCUT2D eigenvalue weighted by Gasteiger charge is -2.08. The van der Waals surface area contributed by atoms with Crippen molar-refractivity contribution >= 4 is 28.3 Å². The fourth-order valence-corrected chi connectivity index (χ4v) is 4.04. The van der Waals surface area contributed by atoms with Crippen LogP contribution in [0.5, 0.6) is 5.75 Å². The average Bonchev–Trinajstić information content (AvgIpc) is 3.10. The van der Waals surface area contributed by atoms with Gasteiger partial charge in [0.15, 0.2) is 10.7 Å². The van der Waals surface area contributed by atoms with Gasteiger partial charge in [0.05, 0.1) is 17.5 Å². The van der Waals surface area contributed by atoms with E-state index in [1.165, 1.54) is 17.3 Å². The smallest absolute Gasteiger partial charge is 0.259 e. The van der Waals surface area contributed by atoms with Crippen molar-refractivity contribution < 1.29 is 9.47 Å². The third-order valence-corrected chi connectivity index (χ3v) is 5.76. The molecule has 0 atom stereocenters. The summed E-state index contributed by atoms with van der Waals surface area (Å²) >= 11 is 1.49. The Balaban J connectivity index is 1.72. The molecule has 0 unspecified atom stereocenters. The number of hydrogen-bond acceptors (Lipinski definition) is 6. The molecule has 1 N–H and O–H groups in total. The number of aromatic amines is 1. The predicted molar refractivity (Wildman–Crippen MR) is 113 cm³/mol. The number of fused-ring (bicyclic) bond motifs is 3.